The predicted molar refractivity (Wildman–Crippen MR) is 47.4 cm³/mol. The monoisotopic (exact) mass is 156 g/mol. The first-order valence-electron chi connectivity index (χ1n) is 4.68. The molecular weight excluding hydrogens is 136 g/mol. The molecule has 11 heavy (non-hydrogen) atoms. The van der Waals surface area contributed by atoms with Crippen molar-refractivity contribution in [3.8, 4) is 0 Å². The largest absolute Gasteiger partial charge is 0.396 e. The lowest BCUT2D eigenvalue weighted by molar-refractivity contribution is 0.0546. The van der Waals surface area contributed by atoms with Gasteiger partial charge in [0.1, 0.15) is 0 Å². The van der Waals surface area contributed by atoms with Crippen molar-refractivity contribution < 1.29 is 5.11 Å². The molecule has 0 aliphatic heterocycles. The van der Waals surface area contributed by atoms with Crippen molar-refractivity contribution in [3.05, 3.63) is 0 Å². The summed E-state index contributed by atoms with van der Waals surface area (Å²) in [6.45, 7) is 7.19. The van der Waals surface area contributed by atoms with Gasteiger partial charge in [-0.25, -0.2) is 0 Å². The van der Waals surface area contributed by atoms with Gasteiger partial charge in [0.25, 0.3) is 0 Å². The van der Waals surface area contributed by atoms with E-state index in [2.05, 4.69) is 20.8 Å². The van der Waals surface area contributed by atoms with Crippen LogP contribution >= 0.6 is 0 Å². The molecule has 0 aromatic heterocycles. The second-order valence-corrected chi connectivity index (χ2v) is 4.67. The van der Waals surface area contributed by atoms with Crippen LogP contribution in [0, 0.1) is 17.3 Å². The van der Waals surface area contributed by atoms with Crippen LogP contribution in [0.4, 0.5) is 0 Å². The normalized spacial score (nSPS) is 45.8. The van der Waals surface area contributed by atoms with Crippen molar-refractivity contribution in [3.63, 3.8) is 0 Å². The number of hydrogen-bond acceptors (Lipinski definition) is 1. The summed E-state index contributed by atoms with van der Waals surface area (Å²) >= 11 is 0. The van der Waals surface area contributed by atoms with E-state index in [9.17, 15) is 0 Å². The Kier molecular flexibility index (Phi) is 2.58. The Morgan fingerprint density at radius 2 is 2.00 bits per heavy atom. The van der Waals surface area contributed by atoms with Crippen molar-refractivity contribution in [2.45, 2.75) is 40.0 Å². The molecular formula is C10H20O. The molecule has 0 bridgehead atoms. The molecule has 0 aromatic rings. The van der Waals surface area contributed by atoms with E-state index < -0.39 is 0 Å². The Morgan fingerprint density at radius 3 is 2.45 bits per heavy atom. The molecule has 1 aliphatic rings. The molecule has 1 heteroatoms. The van der Waals surface area contributed by atoms with E-state index in [1.165, 1.54) is 19.3 Å². The van der Waals surface area contributed by atoms with Crippen LogP contribution in [0.1, 0.15) is 40.0 Å². The molecule has 1 fully saturated rings. The SMILES string of the molecule is C[C@@H]1CC[C@@](C)(CO)C[C@@H]1C. The van der Waals surface area contributed by atoms with Gasteiger partial charge in [0.05, 0.1) is 0 Å². The van der Waals surface area contributed by atoms with Crippen molar-refractivity contribution in [2.75, 3.05) is 6.61 Å². The third kappa shape index (κ3) is 1.96. The van der Waals surface area contributed by atoms with Crippen LogP contribution in [0.25, 0.3) is 0 Å². The maximum atomic E-state index is 9.15. The molecule has 66 valence electrons. The standard InChI is InChI=1S/C10H20O/c1-8-4-5-10(3,7-11)6-9(8)2/h8-9,11H,4-7H2,1-3H3/t8-,9+,10-/m1/s1. The summed E-state index contributed by atoms with van der Waals surface area (Å²) in [5.74, 6) is 1.65. The Balaban J connectivity index is 2.51. The highest BCUT2D eigenvalue weighted by Gasteiger charge is 2.32. The van der Waals surface area contributed by atoms with Crippen LogP contribution in [-0.2, 0) is 0 Å². The van der Waals surface area contributed by atoms with Gasteiger partial charge >= 0.3 is 0 Å². The molecule has 1 saturated carbocycles. The van der Waals surface area contributed by atoms with E-state index >= 15 is 0 Å². The second-order valence-electron chi connectivity index (χ2n) is 4.67. The highest BCUT2D eigenvalue weighted by Crippen LogP contribution is 2.41. The summed E-state index contributed by atoms with van der Waals surface area (Å²) in [5, 5.41) is 9.15. The first-order chi connectivity index (χ1) is 5.07. The quantitative estimate of drug-likeness (QED) is 0.618. The number of aliphatic hydroxyl groups is 1. The van der Waals surface area contributed by atoms with Gasteiger partial charge < -0.3 is 5.11 Å². The zero-order chi connectivity index (χ0) is 8.48. The van der Waals surface area contributed by atoms with Gasteiger partial charge in [0.15, 0.2) is 0 Å². The first kappa shape index (κ1) is 9.05. The van der Waals surface area contributed by atoms with Crippen LogP contribution < -0.4 is 0 Å². The van der Waals surface area contributed by atoms with Crippen molar-refractivity contribution >= 4 is 0 Å². The molecule has 0 aromatic carbocycles. The molecule has 0 spiro atoms. The second kappa shape index (κ2) is 3.14. The highest BCUT2D eigenvalue weighted by atomic mass is 16.3. The third-order valence-electron chi connectivity index (χ3n) is 3.37. The maximum absolute atomic E-state index is 9.15. The number of hydrogen-bond donors (Lipinski definition) is 1. The fraction of sp³-hybridized carbons (Fsp3) is 1.00. The van der Waals surface area contributed by atoms with Crippen molar-refractivity contribution in [2.24, 2.45) is 17.3 Å². The summed E-state index contributed by atoms with van der Waals surface area (Å²) in [6.07, 6.45) is 3.69. The lowest BCUT2D eigenvalue weighted by atomic mass is 9.68. The molecule has 0 amide bonds. The zero-order valence-electron chi connectivity index (χ0n) is 7.93. The summed E-state index contributed by atoms with van der Waals surface area (Å²) in [6, 6.07) is 0. The lowest BCUT2D eigenvalue weighted by Crippen LogP contribution is -2.31. The predicted octanol–water partition coefficient (Wildman–Crippen LogP) is 2.44. The Bertz CT molecular complexity index is 133. The topological polar surface area (TPSA) is 20.2 Å². The molecule has 1 nitrogen and oxygen atoms in total. The smallest absolute Gasteiger partial charge is 0.0484 e. The molecule has 1 aliphatic carbocycles. The fourth-order valence-electron chi connectivity index (χ4n) is 2.08. The first-order valence-corrected chi connectivity index (χ1v) is 4.68. The molecule has 3 atom stereocenters. The van der Waals surface area contributed by atoms with Gasteiger partial charge in [-0.05, 0) is 36.5 Å². The van der Waals surface area contributed by atoms with E-state index in [1.807, 2.05) is 0 Å². The van der Waals surface area contributed by atoms with Crippen LogP contribution in [0.5, 0.6) is 0 Å². The summed E-state index contributed by atoms with van der Waals surface area (Å²) in [4.78, 5) is 0. The number of rotatable bonds is 1. The van der Waals surface area contributed by atoms with E-state index in [-0.39, 0.29) is 5.41 Å². The molecule has 1 rings (SSSR count). The van der Waals surface area contributed by atoms with Crippen molar-refractivity contribution in [1.82, 2.24) is 0 Å². The lowest BCUT2D eigenvalue weighted by Gasteiger charge is -2.39. The molecule has 0 unspecified atom stereocenters. The summed E-state index contributed by atoms with van der Waals surface area (Å²) in [7, 11) is 0. The van der Waals surface area contributed by atoms with Gasteiger partial charge in [-0.15, -0.1) is 0 Å². The van der Waals surface area contributed by atoms with E-state index in [4.69, 9.17) is 5.11 Å². The molecule has 0 radical (unpaired) electrons. The zero-order valence-corrected chi connectivity index (χ0v) is 7.93. The third-order valence-corrected chi connectivity index (χ3v) is 3.37. The van der Waals surface area contributed by atoms with E-state index in [1.54, 1.807) is 0 Å². The van der Waals surface area contributed by atoms with Crippen LogP contribution in [0.3, 0.4) is 0 Å². The minimum absolute atomic E-state index is 0.228. The van der Waals surface area contributed by atoms with Crippen molar-refractivity contribution in [1.29, 1.82) is 0 Å². The fourth-order valence-corrected chi connectivity index (χ4v) is 2.08. The van der Waals surface area contributed by atoms with Gasteiger partial charge in [0, 0.05) is 6.61 Å². The molecule has 1 N–H and O–H groups in total. The summed E-state index contributed by atoms with van der Waals surface area (Å²) in [5.41, 5.74) is 0.228. The van der Waals surface area contributed by atoms with E-state index in [0.29, 0.717) is 6.61 Å². The Hall–Kier alpha value is -0.0400. The minimum Gasteiger partial charge on any atom is -0.396 e. The molecule has 0 saturated heterocycles. The van der Waals surface area contributed by atoms with Crippen LogP contribution in [-0.4, -0.2) is 11.7 Å². The van der Waals surface area contributed by atoms with Gasteiger partial charge in [-0.3, -0.25) is 0 Å². The van der Waals surface area contributed by atoms with Gasteiger partial charge in [0.2, 0.25) is 0 Å². The highest BCUT2D eigenvalue weighted by molar-refractivity contribution is 4.83. The van der Waals surface area contributed by atoms with E-state index in [0.717, 1.165) is 11.8 Å². The Morgan fingerprint density at radius 1 is 1.36 bits per heavy atom. The van der Waals surface area contributed by atoms with Crippen LogP contribution in [0.2, 0.25) is 0 Å². The average molecular weight is 156 g/mol. The van der Waals surface area contributed by atoms with Crippen LogP contribution in [0.15, 0.2) is 0 Å². The Labute approximate surface area is 69.8 Å². The maximum Gasteiger partial charge on any atom is 0.0484 e. The average Bonchev–Trinajstić information content (AvgIpc) is 1.98. The van der Waals surface area contributed by atoms with Gasteiger partial charge in [-0.2, -0.15) is 0 Å². The minimum atomic E-state index is 0.228. The molecule has 0 heterocycles. The summed E-state index contributed by atoms with van der Waals surface area (Å²) < 4.78 is 0. The van der Waals surface area contributed by atoms with Gasteiger partial charge in [-0.1, -0.05) is 20.8 Å². The number of aliphatic hydroxyl groups excluding tert-OH is 1.